The fourth-order valence-corrected chi connectivity index (χ4v) is 6.53. The number of aliphatic hydroxyl groups is 2. The maximum Gasteiger partial charge on any atom is 0.446 e. The van der Waals surface area contributed by atoms with E-state index in [0.717, 1.165) is 17.7 Å². The van der Waals surface area contributed by atoms with Crippen LogP contribution in [0.25, 0.3) is 0 Å². The van der Waals surface area contributed by atoms with Gasteiger partial charge in [-0.25, -0.2) is 4.79 Å². The summed E-state index contributed by atoms with van der Waals surface area (Å²) in [4.78, 5) is 23.8. The molecule has 4 aliphatic rings. The molecule has 2 aliphatic carbocycles. The lowest BCUT2D eigenvalue weighted by Gasteiger charge is -2.61. The van der Waals surface area contributed by atoms with E-state index in [2.05, 4.69) is 11.0 Å². The van der Waals surface area contributed by atoms with E-state index >= 15 is 0 Å². The number of alkyl halides is 3. The smallest absolute Gasteiger partial charge is 0.446 e. The van der Waals surface area contributed by atoms with E-state index in [1.165, 1.54) is 0 Å². The van der Waals surface area contributed by atoms with Crippen LogP contribution in [0.2, 0.25) is 0 Å². The van der Waals surface area contributed by atoms with Crippen molar-refractivity contribution in [2.45, 2.75) is 54.7 Å². The number of hydrogen-bond acceptors (Lipinski definition) is 8. The van der Waals surface area contributed by atoms with E-state index < -0.39 is 41.7 Å². The Kier molecular flexibility index (Phi) is 6.72. The molecule has 11 heteroatoms. The number of carbonyl (C=O) groups excluding carboxylic acids is 2. The lowest BCUT2D eigenvalue weighted by atomic mass is 9.50. The van der Waals surface area contributed by atoms with Gasteiger partial charge in [0.15, 0.2) is 23.7 Å². The van der Waals surface area contributed by atoms with Gasteiger partial charge in [-0.1, -0.05) is 36.4 Å². The predicted molar refractivity (Wildman–Crippen MR) is 131 cm³/mol. The number of nitrogens with zero attached hydrogens (tertiary/aromatic N) is 1. The van der Waals surface area contributed by atoms with Crippen LogP contribution in [-0.4, -0.2) is 72.0 Å². The maximum atomic E-state index is 12.9. The van der Waals surface area contributed by atoms with Gasteiger partial charge in [0.25, 0.3) is 0 Å². The number of aldehydes is 1. The zero-order valence-electron chi connectivity index (χ0n) is 21.3. The normalized spacial score (nSPS) is 29.1. The number of rotatable bonds is 4. The van der Waals surface area contributed by atoms with Gasteiger partial charge in [-0.05, 0) is 49.7 Å². The molecule has 2 aromatic carbocycles. The number of carbonyl (C=O) groups is 2. The minimum absolute atomic E-state index is 0.0763. The number of methoxy groups -OCH3 is 1. The Labute approximate surface area is 222 Å². The van der Waals surface area contributed by atoms with Crippen LogP contribution in [-0.2, 0) is 26.2 Å². The SMILES string of the molecule is COc1ccc2c3c1O[C@H]1C(OC(=O)[C@@H](O)c4ccccc4)=CC[C@@]4(O)[C@@H](C2)N(C)CC[C@]314.O=CC(F)(F)F. The van der Waals surface area contributed by atoms with E-state index in [1.807, 2.05) is 19.2 Å². The number of hydrogen-bond donors (Lipinski definition) is 2. The van der Waals surface area contributed by atoms with Crippen molar-refractivity contribution < 1.29 is 47.2 Å². The van der Waals surface area contributed by atoms with Crippen LogP contribution < -0.4 is 9.47 Å². The van der Waals surface area contributed by atoms with Gasteiger partial charge in [0.2, 0.25) is 6.29 Å². The number of benzene rings is 2. The summed E-state index contributed by atoms with van der Waals surface area (Å²) in [5.74, 6) is 0.802. The molecule has 0 unspecified atom stereocenters. The van der Waals surface area contributed by atoms with Gasteiger partial charge >= 0.3 is 12.1 Å². The first kappa shape index (κ1) is 27.2. The number of likely N-dealkylation sites (N-methyl/N-ethyl adjacent to an activating group) is 1. The molecular weight excluding hydrogens is 519 g/mol. The molecule has 39 heavy (non-hydrogen) atoms. The van der Waals surface area contributed by atoms with Crippen molar-refractivity contribution in [2.75, 3.05) is 20.7 Å². The van der Waals surface area contributed by atoms with Gasteiger partial charge in [0, 0.05) is 18.0 Å². The Balaban J connectivity index is 0.000000465. The number of halogens is 3. The molecule has 2 aromatic rings. The molecule has 2 aliphatic heterocycles. The number of ether oxygens (including phenoxy) is 3. The van der Waals surface area contributed by atoms with Crippen LogP contribution in [0.4, 0.5) is 13.2 Å². The Hall–Kier alpha value is -3.41. The molecule has 0 amide bonds. The van der Waals surface area contributed by atoms with Crippen LogP contribution in [0.5, 0.6) is 11.5 Å². The van der Waals surface area contributed by atoms with Gasteiger partial charge in [-0.2, -0.15) is 13.2 Å². The van der Waals surface area contributed by atoms with E-state index in [1.54, 1.807) is 37.5 Å². The van der Waals surface area contributed by atoms with Crippen molar-refractivity contribution in [2.24, 2.45) is 0 Å². The van der Waals surface area contributed by atoms with Crippen molar-refractivity contribution in [3.05, 3.63) is 71.0 Å². The molecule has 1 fully saturated rings. The lowest BCUT2D eigenvalue weighted by Crippen LogP contribution is -2.74. The average Bonchev–Trinajstić information content (AvgIpc) is 3.28. The number of aliphatic hydroxyl groups excluding tert-OH is 1. The zero-order valence-corrected chi connectivity index (χ0v) is 21.3. The molecule has 8 nitrogen and oxygen atoms in total. The minimum Gasteiger partial charge on any atom is -0.493 e. The van der Waals surface area contributed by atoms with Gasteiger partial charge < -0.3 is 29.3 Å². The van der Waals surface area contributed by atoms with Gasteiger partial charge in [0.1, 0.15) is 5.76 Å². The van der Waals surface area contributed by atoms with Crippen LogP contribution in [0.1, 0.15) is 35.6 Å². The van der Waals surface area contributed by atoms with Crippen molar-refractivity contribution >= 4 is 12.3 Å². The predicted octanol–water partition coefficient (Wildman–Crippen LogP) is 3.00. The number of likely N-dealkylation sites (tertiary alicyclic amines) is 1. The monoisotopic (exact) mass is 547 g/mol. The summed E-state index contributed by atoms with van der Waals surface area (Å²) in [5.41, 5.74) is 0.757. The second-order valence-electron chi connectivity index (χ2n) is 10.2. The summed E-state index contributed by atoms with van der Waals surface area (Å²) >= 11 is 0. The summed E-state index contributed by atoms with van der Waals surface area (Å²) in [6.07, 6.45) is -4.32. The third-order valence-electron chi connectivity index (χ3n) is 8.25. The first-order valence-electron chi connectivity index (χ1n) is 12.4. The fraction of sp³-hybridized carbons (Fsp3) is 0.429. The third-order valence-corrected chi connectivity index (χ3v) is 8.25. The van der Waals surface area contributed by atoms with Gasteiger partial charge in [-0.3, -0.25) is 4.79 Å². The maximum absolute atomic E-state index is 12.9. The minimum atomic E-state index is -4.64. The molecule has 0 radical (unpaired) electrons. The summed E-state index contributed by atoms with van der Waals surface area (Å²) in [5, 5.41) is 22.8. The van der Waals surface area contributed by atoms with Crippen molar-refractivity contribution in [3.8, 4) is 11.5 Å². The molecule has 0 aromatic heterocycles. The molecule has 1 spiro atoms. The molecule has 1 saturated heterocycles. The molecule has 2 bridgehead atoms. The van der Waals surface area contributed by atoms with Crippen LogP contribution in [0.15, 0.2) is 54.3 Å². The van der Waals surface area contributed by atoms with Crippen LogP contribution >= 0.6 is 0 Å². The van der Waals surface area contributed by atoms with E-state index in [4.69, 9.17) is 19.0 Å². The first-order chi connectivity index (χ1) is 18.5. The number of piperidine rings is 1. The second kappa shape index (κ2) is 9.65. The summed E-state index contributed by atoms with van der Waals surface area (Å²) in [6, 6.07) is 12.6. The second-order valence-corrected chi connectivity index (χ2v) is 10.2. The molecule has 6 rings (SSSR count). The standard InChI is InChI=1S/C26H27NO6.C2HF3O/c1-27-13-12-25-20-16-8-9-17(31-2)22(20)33-23(25)18(10-11-26(25,30)19(27)14-16)32-24(29)21(28)15-6-4-3-5-7-15;3-2(4,5)1-6/h3-10,19,21,23,28,30H,11-14H2,1-2H3;1H/t19-,21+,23+,25+,26-;/m1./s1. The first-order valence-corrected chi connectivity index (χ1v) is 12.4. The fourth-order valence-electron chi connectivity index (χ4n) is 6.53. The molecule has 208 valence electrons. The van der Waals surface area contributed by atoms with E-state index in [9.17, 15) is 28.2 Å². The highest BCUT2D eigenvalue weighted by Crippen LogP contribution is 2.65. The van der Waals surface area contributed by atoms with Gasteiger partial charge in [0.05, 0.1) is 18.1 Å². The molecule has 2 N–H and O–H groups in total. The van der Waals surface area contributed by atoms with Gasteiger partial charge in [-0.15, -0.1) is 0 Å². The highest BCUT2D eigenvalue weighted by Gasteiger charge is 2.72. The molecular formula is C28H28F3NO7. The van der Waals surface area contributed by atoms with E-state index in [-0.39, 0.29) is 6.04 Å². The zero-order chi connectivity index (χ0) is 28.2. The van der Waals surface area contributed by atoms with Crippen LogP contribution in [0, 0.1) is 0 Å². The summed E-state index contributed by atoms with van der Waals surface area (Å²) in [6.45, 7) is 0.788. The van der Waals surface area contributed by atoms with Crippen LogP contribution in [0.3, 0.4) is 0 Å². The average molecular weight is 548 g/mol. The van der Waals surface area contributed by atoms with Crippen molar-refractivity contribution in [1.29, 1.82) is 0 Å². The largest absolute Gasteiger partial charge is 0.493 e. The molecule has 2 heterocycles. The quantitative estimate of drug-likeness (QED) is 0.445. The number of esters is 1. The highest BCUT2D eigenvalue weighted by atomic mass is 19.4. The Morgan fingerprint density at radius 1 is 1.23 bits per heavy atom. The molecule has 0 saturated carbocycles. The van der Waals surface area contributed by atoms with Crippen molar-refractivity contribution in [3.63, 3.8) is 0 Å². The Bertz CT molecular complexity index is 1310. The Morgan fingerprint density at radius 2 is 1.92 bits per heavy atom. The van der Waals surface area contributed by atoms with Crippen molar-refractivity contribution in [1.82, 2.24) is 4.90 Å². The lowest BCUT2D eigenvalue weighted by molar-refractivity contribution is -0.172. The summed E-state index contributed by atoms with van der Waals surface area (Å²) in [7, 11) is 3.64. The third kappa shape index (κ3) is 4.19. The summed E-state index contributed by atoms with van der Waals surface area (Å²) < 4.78 is 49.1. The topological polar surface area (TPSA) is 106 Å². The highest BCUT2D eigenvalue weighted by molar-refractivity contribution is 5.77. The Morgan fingerprint density at radius 3 is 2.56 bits per heavy atom. The van der Waals surface area contributed by atoms with E-state index in [0.29, 0.717) is 42.1 Å². The molecule has 5 atom stereocenters.